The number of hydrogen-bond donors (Lipinski definition) is 0. The molecule has 0 bridgehead atoms. The van der Waals surface area contributed by atoms with Gasteiger partial charge in [0.25, 0.3) is 11.1 Å². The van der Waals surface area contributed by atoms with Crippen molar-refractivity contribution in [1.82, 2.24) is 14.9 Å². The first-order chi connectivity index (χ1) is 13.1. The molecular weight excluding hydrogens is 380 g/mol. The van der Waals surface area contributed by atoms with Gasteiger partial charge in [0.1, 0.15) is 5.60 Å². The molecule has 2 aliphatic rings. The maximum Gasteiger partial charge on any atom is 0.306 e. The van der Waals surface area contributed by atoms with Gasteiger partial charge in [0.05, 0.1) is 17.0 Å². The van der Waals surface area contributed by atoms with Crippen molar-refractivity contribution in [3.05, 3.63) is 22.9 Å². The Labute approximate surface area is 168 Å². The highest BCUT2D eigenvalue weighted by Gasteiger charge is 2.32. The highest BCUT2D eigenvalue weighted by molar-refractivity contribution is 8.18. The van der Waals surface area contributed by atoms with E-state index in [1.807, 2.05) is 25.7 Å². The summed E-state index contributed by atoms with van der Waals surface area (Å²) in [5.41, 5.74) is 0.0883. The normalized spacial score (nSPS) is 21.7. The molecule has 0 N–H and O–H groups in total. The number of carbonyl (C=O) groups is 3. The Morgan fingerprint density at radius 3 is 2.79 bits per heavy atom. The summed E-state index contributed by atoms with van der Waals surface area (Å²) in [7, 11) is 1.46. The maximum absolute atomic E-state index is 12.0. The first kappa shape index (κ1) is 20.3. The first-order valence-corrected chi connectivity index (χ1v) is 9.95. The van der Waals surface area contributed by atoms with Gasteiger partial charge in [0, 0.05) is 26.3 Å². The van der Waals surface area contributed by atoms with Crippen LogP contribution in [-0.2, 0) is 14.3 Å². The molecule has 1 aromatic heterocycles. The SMILES string of the molecule is CN1C(=O)S/C(=C\c2ccnc(N3CCC(CC(=O)OC(C)(C)C)C3)n2)C1=O. The molecule has 2 amide bonds. The summed E-state index contributed by atoms with van der Waals surface area (Å²) < 4.78 is 5.40. The van der Waals surface area contributed by atoms with Crippen LogP contribution in [0.1, 0.15) is 39.3 Å². The van der Waals surface area contributed by atoms with E-state index in [1.54, 1.807) is 18.3 Å². The van der Waals surface area contributed by atoms with Crippen LogP contribution in [0.2, 0.25) is 0 Å². The molecule has 3 rings (SSSR count). The molecule has 150 valence electrons. The molecule has 0 aromatic carbocycles. The molecule has 0 radical (unpaired) electrons. The second-order valence-electron chi connectivity index (χ2n) is 7.91. The van der Waals surface area contributed by atoms with Crippen molar-refractivity contribution in [2.45, 2.75) is 39.2 Å². The quantitative estimate of drug-likeness (QED) is 0.559. The van der Waals surface area contributed by atoms with Gasteiger partial charge in [-0.1, -0.05) is 0 Å². The highest BCUT2D eigenvalue weighted by Crippen LogP contribution is 2.31. The molecule has 28 heavy (non-hydrogen) atoms. The summed E-state index contributed by atoms with van der Waals surface area (Å²) in [5, 5.41) is -0.296. The summed E-state index contributed by atoms with van der Waals surface area (Å²) in [6.45, 7) is 7.01. The predicted molar refractivity (Wildman–Crippen MR) is 107 cm³/mol. The minimum Gasteiger partial charge on any atom is -0.460 e. The summed E-state index contributed by atoms with van der Waals surface area (Å²) in [4.78, 5) is 48.0. The summed E-state index contributed by atoms with van der Waals surface area (Å²) in [6, 6.07) is 1.70. The number of amides is 2. The van der Waals surface area contributed by atoms with Crippen LogP contribution in [0.25, 0.3) is 6.08 Å². The molecule has 2 aliphatic heterocycles. The van der Waals surface area contributed by atoms with Crippen LogP contribution in [0.5, 0.6) is 0 Å². The number of likely N-dealkylation sites (N-methyl/N-ethyl adjacent to an activating group) is 1. The topological polar surface area (TPSA) is 92.7 Å². The number of thioether (sulfide) groups is 1. The number of carbonyl (C=O) groups excluding carboxylic acids is 3. The molecule has 0 saturated carbocycles. The third kappa shape index (κ3) is 4.89. The minimum atomic E-state index is -0.481. The standard InChI is InChI=1S/C19H24N4O4S/c1-19(2,3)27-15(24)9-12-6-8-23(11-12)17-20-7-5-13(21-17)10-14-16(25)22(4)18(26)28-14/h5,7,10,12H,6,8-9,11H2,1-4H3/b14-10-. The number of hydrogen-bond acceptors (Lipinski definition) is 8. The van der Waals surface area contributed by atoms with E-state index in [2.05, 4.69) is 9.97 Å². The maximum atomic E-state index is 12.0. The van der Waals surface area contributed by atoms with Crippen molar-refractivity contribution < 1.29 is 19.1 Å². The summed E-state index contributed by atoms with van der Waals surface area (Å²) >= 11 is 0.899. The van der Waals surface area contributed by atoms with E-state index in [-0.39, 0.29) is 23.0 Å². The van der Waals surface area contributed by atoms with Crippen LogP contribution in [0, 0.1) is 5.92 Å². The first-order valence-electron chi connectivity index (χ1n) is 9.14. The molecule has 9 heteroatoms. The van der Waals surface area contributed by atoms with Gasteiger partial charge in [-0.2, -0.15) is 0 Å². The van der Waals surface area contributed by atoms with Crippen LogP contribution in [0.15, 0.2) is 17.2 Å². The Balaban J connectivity index is 1.64. The average molecular weight is 404 g/mol. The van der Waals surface area contributed by atoms with Gasteiger partial charge in [-0.3, -0.25) is 19.3 Å². The number of anilines is 1. The van der Waals surface area contributed by atoms with Gasteiger partial charge in [-0.05, 0) is 57.0 Å². The number of imide groups is 1. The van der Waals surface area contributed by atoms with Crippen molar-refractivity contribution >= 4 is 40.9 Å². The number of aromatic nitrogens is 2. The molecule has 1 unspecified atom stereocenters. The Kier molecular flexibility index (Phi) is 5.74. The lowest BCUT2D eigenvalue weighted by molar-refractivity contribution is -0.155. The lowest BCUT2D eigenvalue weighted by Crippen LogP contribution is -2.26. The Hall–Kier alpha value is -2.42. The number of ether oxygens (including phenoxy) is 1. The van der Waals surface area contributed by atoms with Crippen molar-refractivity contribution in [2.75, 3.05) is 25.0 Å². The minimum absolute atomic E-state index is 0.190. The van der Waals surface area contributed by atoms with Crippen LogP contribution < -0.4 is 4.90 Å². The van der Waals surface area contributed by atoms with Crippen molar-refractivity contribution in [2.24, 2.45) is 5.92 Å². The highest BCUT2D eigenvalue weighted by atomic mass is 32.2. The van der Waals surface area contributed by atoms with E-state index in [4.69, 9.17) is 4.74 Å². The fourth-order valence-electron chi connectivity index (χ4n) is 3.07. The molecule has 3 heterocycles. The molecule has 1 atom stereocenters. The van der Waals surface area contributed by atoms with Crippen molar-refractivity contribution in [3.63, 3.8) is 0 Å². The van der Waals surface area contributed by atoms with Crippen LogP contribution in [0.3, 0.4) is 0 Å². The van der Waals surface area contributed by atoms with Gasteiger partial charge in [0.2, 0.25) is 5.95 Å². The smallest absolute Gasteiger partial charge is 0.306 e. The average Bonchev–Trinajstić information content (AvgIpc) is 3.15. The van der Waals surface area contributed by atoms with E-state index in [0.29, 0.717) is 29.5 Å². The number of rotatable bonds is 4. The van der Waals surface area contributed by atoms with Crippen molar-refractivity contribution in [3.8, 4) is 0 Å². The second kappa shape index (κ2) is 7.90. The van der Waals surface area contributed by atoms with Crippen molar-refractivity contribution in [1.29, 1.82) is 0 Å². The largest absolute Gasteiger partial charge is 0.460 e. The third-order valence-corrected chi connectivity index (χ3v) is 5.33. The Morgan fingerprint density at radius 1 is 1.39 bits per heavy atom. The third-order valence-electron chi connectivity index (χ3n) is 4.37. The van der Waals surface area contributed by atoms with Gasteiger partial charge < -0.3 is 9.64 Å². The number of esters is 1. The van der Waals surface area contributed by atoms with E-state index in [0.717, 1.165) is 29.6 Å². The zero-order valence-electron chi connectivity index (χ0n) is 16.5. The van der Waals surface area contributed by atoms with Gasteiger partial charge in [-0.25, -0.2) is 9.97 Å². The van der Waals surface area contributed by atoms with Gasteiger partial charge >= 0.3 is 5.97 Å². The van der Waals surface area contributed by atoms with Crippen LogP contribution in [-0.4, -0.2) is 57.7 Å². The number of nitrogens with zero attached hydrogens (tertiary/aromatic N) is 4. The van der Waals surface area contributed by atoms with Crippen LogP contribution in [0.4, 0.5) is 10.7 Å². The van der Waals surface area contributed by atoms with E-state index < -0.39 is 5.60 Å². The summed E-state index contributed by atoms with van der Waals surface area (Å²) in [5.74, 6) is 0.230. The molecule has 2 fully saturated rings. The van der Waals surface area contributed by atoms with E-state index in [1.165, 1.54) is 7.05 Å². The van der Waals surface area contributed by atoms with Gasteiger partial charge in [-0.15, -0.1) is 0 Å². The molecule has 0 spiro atoms. The zero-order chi connectivity index (χ0) is 20.5. The molecular formula is C19H24N4O4S. The molecule has 8 nitrogen and oxygen atoms in total. The lowest BCUT2D eigenvalue weighted by Gasteiger charge is -2.21. The lowest BCUT2D eigenvalue weighted by atomic mass is 10.1. The zero-order valence-corrected chi connectivity index (χ0v) is 17.3. The van der Waals surface area contributed by atoms with E-state index >= 15 is 0 Å². The molecule has 2 saturated heterocycles. The molecule has 1 aromatic rings. The van der Waals surface area contributed by atoms with E-state index in [9.17, 15) is 14.4 Å². The Bertz CT molecular complexity index is 833. The monoisotopic (exact) mass is 404 g/mol. The Morgan fingerprint density at radius 2 is 2.14 bits per heavy atom. The predicted octanol–water partition coefficient (Wildman–Crippen LogP) is 2.70. The summed E-state index contributed by atoms with van der Waals surface area (Å²) in [6.07, 6.45) is 4.47. The van der Waals surface area contributed by atoms with Crippen LogP contribution >= 0.6 is 11.8 Å². The molecule has 0 aliphatic carbocycles. The fourth-order valence-corrected chi connectivity index (χ4v) is 3.89. The van der Waals surface area contributed by atoms with Gasteiger partial charge in [0.15, 0.2) is 0 Å². The fraction of sp³-hybridized carbons (Fsp3) is 0.526. The second-order valence-corrected chi connectivity index (χ2v) is 8.91.